The summed E-state index contributed by atoms with van der Waals surface area (Å²) in [6.45, 7) is 3.62. The second-order valence-corrected chi connectivity index (χ2v) is 5.62. The maximum absolute atomic E-state index is 12.0. The number of hydrogen-bond donors (Lipinski definition) is 1. The van der Waals surface area contributed by atoms with Crippen molar-refractivity contribution in [3.63, 3.8) is 0 Å². The van der Waals surface area contributed by atoms with Gasteiger partial charge in [0.05, 0.1) is 17.6 Å². The fraction of sp³-hybridized carbons (Fsp3) is 0.222. The van der Waals surface area contributed by atoms with Crippen LogP contribution in [0.4, 0.5) is 5.69 Å². The molecule has 0 saturated heterocycles. The number of ether oxygens (including phenoxy) is 2. The SMILES string of the molecule is CCOc1cc(C(=O)[O-])cc(Cl)c1OCC(=O)Nc1cccc(C)c1. The zero-order chi connectivity index (χ0) is 18.4. The van der Waals surface area contributed by atoms with Gasteiger partial charge >= 0.3 is 0 Å². The molecule has 0 aliphatic rings. The lowest BCUT2D eigenvalue weighted by atomic mass is 10.2. The van der Waals surface area contributed by atoms with Gasteiger partial charge < -0.3 is 24.7 Å². The van der Waals surface area contributed by atoms with Gasteiger partial charge in [-0.05, 0) is 43.7 Å². The van der Waals surface area contributed by atoms with Gasteiger partial charge in [-0.3, -0.25) is 4.79 Å². The lowest BCUT2D eigenvalue weighted by Gasteiger charge is -2.15. The number of halogens is 1. The Morgan fingerprint density at radius 3 is 2.60 bits per heavy atom. The summed E-state index contributed by atoms with van der Waals surface area (Å²) >= 11 is 6.05. The third-order valence-electron chi connectivity index (χ3n) is 3.19. The first kappa shape index (κ1) is 18.6. The van der Waals surface area contributed by atoms with Crippen LogP contribution in [0, 0.1) is 6.92 Å². The summed E-state index contributed by atoms with van der Waals surface area (Å²) in [7, 11) is 0. The van der Waals surface area contributed by atoms with Crippen molar-refractivity contribution < 1.29 is 24.2 Å². The van der Waals surface area contributed by atoms with Crippen LogP contribution in [0.2, 0.25) is 5.02 Å². The second-order valence-electron chi connectivity index (χ2n) is 5.21. The molecule has 0 spiro atoms. The number of carboxylic acids is 1. The highest BCUT2D eigenvalue weighted by molar-refractivity contribution is 6.32. The Kier molecular flexibility index (Phi) is 6.25. The molecule has 2 rings (SSSR count). The van der Waals surface area contributed by atoms with E-state index in [9.17, 15) is 14.7 Å². The van der Waals surface area contributed by atoms with E-state index in [4.69, 9.17) is 21.1 Å². The quantitative estimate of drug-likeness (QED) is 0.817. The third kappa shape index (κ3) is 5.12. The monoisotopic (exact) mass is 362 g/mol. The molecule has 132 valence electrons. The molecule has 25 heavy (non-hydrogen) atoms. The minimum absolute atomic E-state index is 0.0218. The lowest BCUT2D eigenvalue weighted by molar-refractivity contribution is -0.255. The average molecular weight is 363 g/mol. The number of carbonyl (C=O) groups excluding carboxylic acids is 2. The summed E-state index contributed by atoms with van der Waals surface area (Å²) in [4.78, 5) is 23.0. The van der Waals surface area contributed by atoms with Crippen molar-refractivity contribution in [1.82, 2.24) is 0 Å². The number of hydrogen-bond acceptors (Lipinski definition) is 5. The van der Waals surface area contributed by atoms with E-state index in [2.05, 4.69) is 5.32 Å². The van der Waals surface area contributed by atoms with Crippen LogP contribution >= 0.6 is 11.6 Å². The van der Waals surface area contributed by atoms with Crippen molar-refractivity contribution in [2.45, 2.75) is 13.8 Å². The summed E-state index contributed by atoms with van der Waals surface area (Å²) in [6.07, 6.45) is 0. The molecular weight excluding hydrogens is 346 g/mol. The first-order chi connectivity index (χ1) is 11.9. The number of carboxylic acid groups (broad SMARTS) is 1. The largest absolute Gasteiger partial charge is 0.545 e. The number of benzene rings is 2. The van der Waals surface area contributed by atoms with E-state index in [-0.39, 0.29) is 41.2 Å². The molecule has 0 bridgehead atoms. The van der Waals surface area contributed by atoms with Gasteiger partial charge in [-0.1, -0.05) is 23.7 Å². The summed E-state index contributed by atoms with van der Waals surface area (Å²) in [5.74, 6) is -1.52. The first-order valence-corrected chi connectivity index (χ1v) is 7.95. The maximum Gasteiger partial charge on any atom is 0.262 e. The van der Waals surface area contributed by atoms with Crippen LogP contribution in [-0.2, 0) is 4.79 Å². The van der Waals surface area contributed by atoms with Gasteiger partial charge in [-0.25, -0.2) is 0 Å². The Morgan fingerprint density at radius 1 is 1.20 bits per heavy atom. The normalized spacial score (nSPS) is 10.2. The fourth-order valence-corrected chi connectivity index (χ4v) is 2.41. The highest BCUT2D eigenvalue weighted by Crippen LogP contribution is 2.36. The molecular formula is C18H17ClNO5-. The van der Waals surface area contributed by atoms with Crippen molar-refractivity contribution in [3.05, 3.63) is 52.5 Å². The van der Waals surface area contributed by atoms with Crippen LogP contribution < -0.4 is 19.9 Å². The van der Waals surface area contributed by atoms with Gasteiger partial charge in [0.1, 0.15) is 0 Å². The zero-order valence-corrected chi connectivity index (χ0v) is 14.6. The molecule has 2 aromatic carbocycles. The molecule has 7 heteroatoms. The standard InChI is InChI=1S/C18H18ClNO5/c1-3-24-15-9-12(18(22)23)8-14(19)17(15)25-10-16(21)20-13-6-4-5-11(2)7-13/h4-9H,3,10H2,1-2H3,(H,20,21)(H,22,23)/p-1. The summed E-state index contributed by atoms with van der Waals surface area (Å²) in [5, 5.41) is 13.7. The molecule has 0 aliphatic heterocycles. The summed E-state index contributed by atoms with van der Waals surface area (Å²) in [5.41, 5.74) is 1.53. The van der Waals surface area contributed by atoms with Gasteiger partial charge in [0.25, 0.3) is 5.91 Å². The number of aromatic carboxylic acids is 1. The van der Waals surface area contributed by atoms with Crippen molar-refractivity contribution in [2.75, 3.05) is 18.5 Å². The van der Waals surface area contributed by atoms with E-state index in [1.54, 1.807) is 13.0 Å². The molecule has 0 unspecified atom stereocenters. The summed E-state index contributed by atoms with van der Waals surface area (Å²) in [6, 6.07) is 9.77. The van der Waals surface area contributed by atoms with Crippen LogP contribution in [0.3, 0.4) is 0 Å². The lowest BCUT2D eigenvalue weighted by Crippen LogP contribution is -2.23. The predicted octanol–water partition coefficient (Wildman–Crippen LogP) is 2.43. The molecule has 1 N–H and O–H groups in total. The number of amides is 1. The van der Waals surface area contributed by atoms with E-state index in [0.717, 1.165) is 5.56 Å². The van der Waals surface area contributed by atoms with E-state index < -0.39 is 5.97 Å². The second kappa shape index (κ2) is 8.39. The van der Waals surface area contributed by atoms with Crippen molar-refractivity contribution >= 4 is 29.2 Å². The molecule has 2 aromatic rings. The molecule has 0 fully saturated rings. The third-order valence-corrected chi connectivity index (χ3v) is 3.48. The van der Waals surface area contributed by atoms with Gasteiger partial charge in [-0.15, -0.1) is 0 Å². The van der Waals surface area contributed by atoms with Crippen LogP contribution in [0.5, 0.6) is 11.5 Å². The van der Waals surface area contributed by atoms with E-state index in [1.807, 2.05) is 25.1 Å². The minimum atomic E-state index is -1.38. The number of carbonyl (C=O) groups is 2. The van der Waals surface area contributed by atoms with Crippen LogP contribution in [0.1, 0.15) is 22.8 Å². The number of nitrogens with one attached hydrogen (secondary N) is 1. The number of rotatable bonds is 7. The molecule has 6 nitrogen and oxygen atoms in total. The first-order valence-electron chi connectivity index (χ1n) is 7.57. The molecule has 0 atom stereocenters. The van der Waals surface area contributed by atoms with Crippen molar-refractivity contribution in [1.29, 1.82) is 0 Å². The van der Waals surface area contributed by atoms with Crippen LogP contribution in [0.25, 0.3) is 0 Å². The highest BCUT2D eigenvalue weighted by Gasteiger charge is 2.15. The van der Waals surface area contributed by atoms with Crippen LogP contribution in [0.15, 0.2) is 36.4 Å². The van der Waals surface area contributed by atoms with Gasteiger partial charge in [0, 0.05) is 11.3 Å². The molecule has 0 aromatic heterocycles. The zero-order valence-electron chi connectivity index (χ0n) is 13.8. The number of anilines is 1. The van der Waals surface area contributed by atoms with E-state index >= 15 is 0 Å². The molecule has 0 radical (unpaired) electrons. The molecule has 1 amide bonds. The van der Waals surface area contributed by atoms with E-state index in [1.165, 1.54) is 12.1 Å². The van der Waals surface area contributed by atoms with Crippen molar-refractivity contribution in [2.24, 2.45) is 0 Å². The molecule has 0 saturated carbocycles. The Labute approximate surface area is 150 Å². The Morgan fingerprint density at radius 2 is 1.96 bits per heavy atom. The maximum atomic E-state index is 12.0. The van der Waals surface area contributed by atoms with Gasteiger partial charge in [0.2, 0.25) is 0 Å². The average Bonchev–Trinajstić information content (AvgIpc) is 2.54. The molecule has 0 aliphatic carbocycles. The van der Waals surface area contributed by atoms with Gasteiger partial charge in [-0.2, -0.15) is 0 Å². The number of aryl methyl sites for hydroxylation is 1. The van der Waals surface area contributed by atoms with Gasteiger partial charge in [0.15, 0.2) is 18.1 Å². The smallest absolute Gasteiger partial charge is 0.262 e. The topological polar surface area (TPSA) is 87.7 Å². The fourth-order valence-electron chi connectivity index (χ4n) is 2.15. The molecule has 0 heterocycles. The van der Waals surface area contributed by atoms with Crippen LogP contribution in [-0.4, -0.2) is 25.1 Å². The Balaban J connectivity index is 2.11. The van der Waals surface area contributed by atoms with Crippen molar-refractivity contribution in [3.8, 4) is 11.5 Å². The Hall–Kier alpha value is -2.73. The predicted molar refractivity (Wildman–Crippen MR) is 92.3 cm³/mol. The highest BCUT2D eigenvalue weighted by atomic mass is 35.5. The summed E-state index contributed by atoms with van der Waals surface area (Å²) < 4.78 is 10.8. The van der Waals surface area contributed by atoms with E-state index in [0.29, 0.717) is 5.69 Å². The minimum Gasteiger partial charge on any atom is -0.545 e. The Bertz CT molecular complexity index is 791.